The topological polar surface area (TPSA) is 99.3 Å². The molecule has 210 valence electrons. The van der Waals surface area contributed by atoms with Crippen LogP contribution in [0, 0.1) is 0 Å². The molecule has 2 heterocycles. The summed E-state index contributed by atoms with van der Waals surface area (Å²) in [6.45, 7) is 0. The summed E-state index contributed by atoms with van der Waals surface area (Å²) in [7, 11) is 0. The van der Waals surface area contributed by atoms with Crippen LogP contribution in [0.2, 0.25) is 0 Å². The summed E-state index contributed by atoms with van der Waals surface area (Å²) in [4.78, 5) is 37.5. The molecule has 0 radical (unpaired) electrons. The highest BCUT2D eigenvalue weighted by Gasteiger charge is 2.42. The fourth-order valence-electron chi connectivity index (χ4n) is 6.68. The van der Waals surface area contributed by atoms with Gasteiger partial charge in [0.05, 0.1) is 18.1 Å². The molecule has 3 fully saturated rings. The first-order chi connectivity index (χ1) is 19.5. The maximum atomic E-state index is 13.3. The molecule has 1 saturated carbocycles. The molecule has 0 bridgehead atoms. The number of ketones is 1. The number of urea groups is 1. The number of hydrogen-bond acceptors (Lipinski definition) is 5. The lowest BCUT2D eigenvalue weighted by molar-refractivity contribution is -0.122. The molecular weight excluding hydrogens is 520 g/mol. The van der Waals surface area contributed by atoms with Gasteiger partial charge in [-0.1, -0.05) is 61.0 Å². The Balaban J connectivity index is 0.962. The number of thioether (sulfide) groups is 1. The van der Waals surface area contributed by atoms with Gasteiger partial charge in [-0.05, 0) is 55.7 Å². The van der Waals surface area contributed by atoms with Crippen molar-refractivity contribution in [2.75, 3.05) is 5.75 Å². The number of amides is 3. The van der Waals surface area contributed by atoms with Crippen LogP contribution in [0.25, 0.3) is 6.08 Å². The number of Topliss-reactive ketones (excluding diaryl/α,β-unsaturated/α-hetero) is 1. The number of carbonyl (C=O) groups excluding carboxylic acids is 3. The molecule has 2 aromatic rings. The Morgan fingerprint density at radius 2 is 1.68 bits per heavy atom. The largest absolute Gasteiger partial charge is 0.353 e. The molecule has 0 aromatic heterocycles. The van der Waals surface area contributed by atoms with E-state index in [4.69, 9.17) is 0 Å². The predicted octanol–water partition coefficient (Wildman–Crippen LogP) is 4.75. The molecule has 8 heteroatoms. The number of rotatable bonds is 9. The van der Waals surface area contributed by atoms with E-state index in [2.05, 4.69) is 27.3 Å². The van der Waals surface area contributed by atoms with Crippen LogP contribution in [-0.4, -0.2) is 52.9 Å². The quantitative estimate of drug-likeness (QED) is 0.202. The Labute approximate surface area is 240 Å². The molecular formula is C32H38N4O3S. The molecule has 2 aliphatic heterocycles. The van der Waals surface area contributed by atoms with Gasteiger partial charge in [-0.3, -0.25) is 9.59 Å². The highest BCUT2D eigenvalue weighted by Crippen LogP contribution is 2.38. The van der Waals surface area contributed by atoms with Crippen molar-refractivity contribution in [1.29, 1.82) is 0 Å². The SMILES string of the molecule is O=C(CCCCC1SC[C@@H]2NC(=O)N[C@H]12)NC1CCC(N[C@H]2/C(=C\c3ccccc3)C(=O)c3ccccc32)CC1. The van der Waals surface area contributed by atoms with Crippen LogP contribution >= 0.6 is 11.8 Å². The van der Waals surface area contributed by atoms with Crippen molar-refractivity contribution in [2.24, 2.45) is 0 Å². The minimum atomic E-state index is -0.110. The van der Waals surface area contributed by atoms with E-state index in [1.54, 1.807) is 0 Å². The van der Waals surface area contributed by atoms with Gasteiger partial charge < -0.3 is 21.3 Å². The highest BCUT2D eigenvalue weighted by molar-refractivity contribution is 8.00. The second kappa shape index (κ2) is 12.2. The van der Waals surface area contributed by atoms with E-state index in [0.29, 0.717) is 17.7 Å². The van der Waals surface area contributed by atoms with Crippen LogP contribution in [0.5, 0.6) is 0 Å². The van der Waals surface area contributed by atoms with Crippen LogP contribution in [0.15, 0.2) is 60.2 Å². The van der Waals surface area contributed by atoms with Gasteiger partial charge in [0, 0.05) is 40.6 Å². The van der Waals surface area contributed by atoms with Crippen molar-refractivity contribution in [3.63, 3.8) is 0 Å². The van der Waals surface area contributed by atoms with Gasteiger partial charge in [-0.2, -0.15) is 11.8 Å². The van der Waals surface area contributed by atoms with Crippen LogP contribution in [0.1, 0.15) is 78.9 Å². The second-order valence-electron chi connectivity index (χ2n) is 11.5. The monoisotopic (exact) mass is 558 g/mol. The molecule has 4 atom stereocenters. The summed E-state index contributed by atoms with van der Waals surface area (Å²) in [6, 6.07) is 18.8. The molecule has 0 spiro atoms. The van der Waals surface area contributed by atoms with Crippen LogP contribution in [0.4, 0.5) is 4.79 Å². The van der Waals surface area contributed by atoms with E-state index in [1.807, 2.05) is 66.4 Å². The zero-order valence-corrected chi connectivity index (χ0v) is 23.6. The zero-order valence-electron chi connectivity index (χ0n) is 22.7. The van der Waals surface area contributed by atoms with Crippen molar-refractivity contribution in [1.82, 2.24) is 21.3 Å². The maximum absolute atomic E-state index is 13.3. The van der Waals surface area contributed by atoms with E-state index < -0.39 is 0 Å². The average molecular weight is 559 g/mol. The molecule has 2 aromatic carbocycles. The van der Waals surface area contributed by atoms with Gasteiger partial charge >= 0.3 is 6.03 Å². The molecule has 2 aliphatic carbocycles. The van der Waals surface area contributed by atoms with Gasteiger partial charge in [0.15, 0.2) is 5.78 Å². The first-order valence-corrected chi connectivity index (χ1v) is 15.7. The molecule has 4 N–H and O–H groups in total. The van der Waals surface area contributed by atoms with Gasteiger partial charge in [-0.25, -0.2) is 4.79 Å². The Morgan fingerprint density at radius 3 is 2.50 bits per heavy atom. The van der Waals surface area contributed by atoms with E-state index in [-0.39, 0.29) is 41.9 Å². The minimum Gasteiger partial charge on any atom is -0.353 e. The van der Waals surface area contributed by atoms with E-state index in [0.717, 1.165) is 73.0 Å². The van der Waals surface area contributed by atoms with E-state index in [1.165, 1.54) is 0 Å². The first kappa shape index (κ1) is 27.1. The van der Waals surface area contributed by atoms with Gasteiger partial charge in [0.25, 0.3) is 0 Å². The van der Waals surface area contributed by atoms with Crippen LogP contribution in [0.3, 0.4) is 0 Å². The number of fused-ring (bicyclic) bond motifs is 2. The molecule has 2 saturated heterocycles. The van der Waals surface area contributed by atoms with Crippen LogP contribution < -0.4 is 21.3 Å². The molecule has 3 amide bonds. The Hall–Kier alpha value is -3.10. The number of nitrogens with one attached hydrogen (secondary N) is 4. The summed E-state index contributed by atoms with van der Waals surface area (Å²) in [5.41, 5.74) is 3.69. The van der Waals surface area contributed by atoms with Crippen molar-refractivity contribution >= 4 is 35.6 Å². The Kier molecular flexibility index (Phi) is 8.25. The van der Waals surface area contributed by atoms with Crippen molar-refractivity contribution in [2.45, 2.75) is 86.8 Å². The number of hydrogen-bond donors (Lipinski definition) is 4. The second-order valence-corrected chi connectivity index (χ2v) is 12.8. The number of benzene rings is 2. The number of unbranched alkanes of at least 4 members (excludes halogenated alkanes) is 1. The molecule has 7 nitrogen and oxygen atoms in total. The summed E-state index contributed by atoms with van der Waals surface area (Å²) in [5, 5.41) is 13.5. The normalized spacial score (nSPS) is 30.1. The van der Waals surface area contributed by atoms with E-state index in [9.17, 15) is 14.4 Å². The third kappa shape index (κ3) is 5.98. The minimum absolute atomic E-state index is 0.0461. The third-order valence-corrected chi connectivity index (χ3v) is 10.3. The lowest BCUT2D eigenvalue weighted by Gasteiger charge is -2.32. The summed E-state index contributed by atoms with van der Waals surface area (Å²) in [5.74, 6) is 1.22. The maximum Gasteiger partial charge on any atom is 0.315 e. The Bertz CT molecular complexity index is 1270. The van der Waals surface area contributed by atoms with Crippen molar-refractivity contribution in [3.05, 3.63) is 76.9 Å². The fraction of sp³-hybridized carbons (Fsp3) is 0.469. The van der Waals surface area contributed by atoms with Gasteiger partial charge in [0.1, 0.15) is 0 Å². The van der Waals surface area contributed by atoms with Gasteiger partial charge in [0.2, 0.25) is 5.91 Å². The lowest BCUT2D eigenvalue weighted by Crippen LogP contribution is -2.43. The first-order valence-electron chi connectivity index (χ1n) is 14.7. The lowest BCUT2D eigenvalue weighted by atomic mass is 9.89. The standard InChI is InChI=1S/C32H38N4O3S/c37-28(13-7-6-12-27-30-26(19-40-27)35-32(39)36-30)33-21-14-16-22(17-15-21)34-29-23-10-4-5-11-24(23)31(38)25(29)18-20-8-2-1-3-9-20/h1-5,8-11,18,21-22,26-27,29-30,34H,6-7,12-17,19H2,(H,33,37)(H2,35,36,39)/b25-18+/t21?,22?,26-,27?,29+,30-/m0/s1. The van der Waals surface area contributed by atoms with Crippen LogP contribution in [-0.2, 0) is 4.79 Å². The van der Waals surface area contributed by atoms with Gasteiger partial charge in [-0.15, -0.1) is 0 Å². The average Bonchev–Trinajstić information content (AvgIpc) is 3.60. The highest BCUT2D eigenvalue weighted by atomic mass is 32.2. The fourth-order valence-corrected chi connectivity index (χ4v) is 8.22. The molecule has 6 rings (SSSR count). The van der Waals surface area contributed by atoms with Crippen molar-refractivity contribution < 1.29 is 14.4 Å². The molecule has 40 heavy (non-hydrogen) atoms. The van der Waals surface area contributed by atoms with E-state index >= 15 is 0 Å². The summed E-state index contributed by atoms with van der Waals surface area (Å²) >= 11 is 1.93. The zero-order chi connectivity index (χ0) is 27.5. The molecule has 1 unspecified atom stereocenters. The summed E-state index contributed by atoms with van der Waals surface area (Å²) in [6.07, 6.45) is 9.32. The third-order valence-electron chi connectivity index (χ3n) is 8.79. The Morgan fingerprint density at radius 1 is 0.925 bits per heavy atom. The smallest absolute Gasteiger partial charge is 0.315 e. The predicted molar refractivity (Wildman–Crippen MR) is 159 cm³/mol. The molecule has 4 aliphatic rings. The summed E-state index contributed by atoms with van der Waals surface area (Å²) < 4.78 is 0. The number of carbonyl (C=O) groups is 3. The van der Waals surface area contributed by atoms with Crippen molar-refractivity contribution in [3.8, 4) is 0 Å².